The minimum Gasteiger partial charge on any atom is -0.375 e. The second-order valence-electron chi connectivity index (χ2n) is 4.43. The lowest BCUT2D eigenvalue weighted by Gasteiger charge is -2.04. The molecule has 6 heteroatoms. The van der Waals surface area contributed by atoms with Gasteiger partial charge in [-0.25, -0.2) is 4.98 Å². The van der Waals surface area contributed by atoms with Crippen molar-refractivity contribution in [2.24, 2.45) is 10.8 Å². The molecule has 0 saturated carbocycles. The van der Waals surface area contributed by atoms with E-state index in [2.05, 4.69) is 27.7 Å². The van der Waals surface area contributed by atoms with Crippen molar-refractivity contribution in [3.63, 3.8) is 0 Å². The molecule has 3 rings (SSSR count). The summed E-state index contributed by atoms with van der Waals surface area (Å²) in [5.74, 6) is 0. The highest BCUT2D eigenvalue weighted by molar-refractivity contribution is 7.80. The summed E-state index contributed by atoms with van der Waals surface area (Å²) in [5.41, 5.74) is 11.9. The number of nitrogens with one attached hydrogen (secondary N) is 1. The van der Waals surface area contributed by atoms with E-state index in [1.165, 1.54) is 0 Å². The lowest BCUT2D eigenvalue weighted by molar-refractivity contribution is 1.04. The van der Waals surface area contributed by atoms with E-state index in [9.17, 15) is 0 Å². The Morgan fingerprint density at radius 1 is 1.19 bits per heavy atom. The molecule has 0 amide bonds. The normalized spacial score (nSPS) is 11.0. The number of thiocarbonyl (C=S) groups is 1. The van der Waals surface area contributed by atoms with Crippen LogP contribution < -0.4 is 11.2 Å². The highest BCUT2D eigenvalue weighted by atomic mass is 32.1. The van der Waals surface area contributed by atoms with Crippen molar-refractivity contribution < 1.29 is 0 Å². The molecule has 0 aliphatic carbocycles. The number of para-hydroxylation sites is 2. The molecule has 21 heavy (non-hydrogen) atoms. The standard InChI is InChI=1S/C15H13N5S/c16-15(21)19-18-9-11-5-7-12(8-6-11)20-10-17-13-3-1-2-4-14(13)20/h1-10H,(H3,16,19,21). The van der Waals surface area contributed by atoms with Crippen LogP contribution in [0.25, 0.3) is 16.7 Å². The van der Waals surface area contributed by atoms with Crippen LogP contribution in [0.1, 0.15) is 5.56 Å². The fourth-order valence-electron chi connectivity index (χ4n) is 2.06. The summed E-state index contributed by atoms with van der Waals surface area (Å²) < 4.78 is 2.05. The van der Waals surface area contributed by atoms with Crippen molar-refractivity contribution in [1.82, 2.24) is 15.0 Å². The smallest absolute Gasteiger partial charge is 0.184 e. The third kappa shape index (κ3) is 2.90. The van der Waals surface area contributed by atoms with Gasteiger partial charge in [-0.1, -0.05) is 24.3 Å². The van der Waals surface area contributed by atoms with Crippen molar-refractivity contribution in [2.75, 3.05) is 0 Å². The number of hydrogen-bond acceptors (Lipinski definition) is 3. The van der Waals surface area contributed by atoms with Gasteiger partial charge in [0.25, 0.3) is 0 Å². The van der Waals surface area contributed by atoms with Crippen molar-refractivity contribution in [1.29, 1.82) is 0 Å². The van der Waals surface area contributed by atoms with Gasteiger partial charge in [0.1, 0.15) is 6.33 Å². The Balaban J connectivity index is 1.87. The molecule has 3 aromatic rings. The van der Waals surface area contributed by atoms with E-state index in [0.29, 0.717) is 0 Å². The molecule has 0 aliphatic rings. The molecule has 2 aromatic carbocycles. The average molecular weight is 295 g/mol. The topological polar surface area (TPSA) is 68.2 Å². The van der Waals surface area contributed by atoms with Gasteiger partial charge in [0.2, 0.25) is 0 Å². The lowest BCUT2D eigenvalue weighted by Crippen LogP contribution is -2.23. The number of hydrazone groups is 1. The first kappa shape index (κ1) is 13.3. The Kier molecular flexibility index (Phi) is 3.61. The number of imidazole rings is 1. The second-order valence-corrected chi connectivity index (χ2v) is 4.87. The van der Waals surface area contributed by atoms with Gasteiger partial charge in [-0.15, -0.1) is 0 Å². The number of fused-ring (bicyclic) bond motifs is 1. The van der Waals surface area contributed by atoms with Crippen molar-refractivity contribution in [2.45, 2.75) is 0 Å². The van der Waals surface area contributed by atoms with Crippen LogP contribution in [0.15, 0.2) is 60.0 Å². The molecule has 0 spiro atoms. The average Bonchev–Trinajstić information content (AvgIpc) is 2.92. The van der Waals surface area contributed by atoms with Crippen LogP contribution in [0.4, 0.5) is 0 Å². The minimum absolute atomic E-state index is 0.146. The number of rotatable bonds is 3. The van der Waals surface area contributed by atoms with Gasteiger partial charge in [-0.3, -0.25) is 9.99 Å². The SMILES string of the molecule is NC(=S)NN=Cc1ccc(-n2cnc3ccccc32)cc1. The predicted molar refractivity (Wildman–Crippen MR) is 88.6 cm³/mol. The monoisotopic (exact) mass is 295 g/mol. The second kappa shape index (κ2) is 5.72. The Bertz CT molecular complexity index is 804. The first-order valence-electron chi connectivity index (χ1n) is 6.35. The van der Waals surface area contributed by atoms with Crippen LogP contribution >= 0.6 is 12.2 Å². The summed E-state index contributed by atoms with van der Waals surface area (Å²) in [5, 5.41) is 4.07. The van der Waals surface area contributed by atoms with Crippen molar-refractivity contribution >= 4 is 34.6 Å². The summed E-state index contributed by atoms with van der Waals surface area (Å²) in [4.78, 5) is 4.38. The van der Waals surface area contributed by atoms with E-state index in [0.717, 1.165) is 22.3 Å². The Morgan fingerprint density at radius 3 is 2.71 bits per heavy atom. The van der Waals surface area contributed by atoms with Crippen LogP contribution in [0.5, 0.6) is 0 Å². The maximum absolute atomic E-state index is 5.29. The van der Waals surface area contributed by atoms with E-state index in [1.807, 2.05) is 59.4 Å². The molecule has 0 unspecified atom stereocenters. The molecule has 5 nitrogen and oxygen atoms in total. The fraction of sp³-hybridized carbons (Fsp3) is 0. The van der Waals surface area contributed by atoms with E-state index in [1.54, 1.807) is 6.21 Å². The molecule has 1 aromatic heterocycles. The lowest BCUT2D eigenvalue weighted by atomic mass is 10.2. The van der Waals surface area contributed by atoms with Crippen LogP contribution in [0, 0.1) is 0 Å². The highest BCUT2D eigenvalue weighted by Gasteiger charge is 2.03. The van der Waals surface area contributed by atoms with Crippen molar-refractivity contribution in [3.8, 4) is 5.69 Å². The minimum atomic E-state index is 0.146. The zero-order valence-corrected chi connectivity index (χ0v) is 11.9. The molecule has 104 valence electrons. The zero-order chi connectivity index (χ0) is 14.7. The van der Waals surface area contributed by atoms with Gasteiger partial charge in [0.15, 0.2) is 5.11 Å². The van der Waals surface area contributed by atoms with Crippen molar-refractivity contribution in [3.05, 3.63) is 60.4 Å². The predicted octanol–water partition coefficient (Wildman–Crippen LogP) is 2.19. The Hall–Kier alpha value is -2.73. The van der Waals surface area contributed by atoms with Crippen LogP contribution in [0.2, 0.25) is 0 Å². The van der Waals surface area contributed by atoms with Crippen LogP contribution in [0.3, 0.4) is 0 Å². The molecule has 0 fully saturated rings. The van der Waals surface area contributed by atoms with Crippen LogP contribution in [-0.4, -0.2) is 20.9 Å². The summed E-state index contributed by atoms with van der Waals surface area (Å²) in [7, 11) is 0. The summed E-state index contributed by atoms with van der Waals surface area (Å²) >= 11 is 4.67. The number of hydrogen-bond donors (Lipinski definition) is 2. The van der Waals surface area contributed by atoms with Crippen LogP contribution in [-0.2, 0) is 0 Å². The van der Waals surface area contributed by atoms with E-state index in [4.69, 9.17) is 5.73 Å². The zero-order valence-electron chi connectivity index (χ0n) is 11.1. The number of nitrogens with zero attached hydrogens (tertiary/aromatic N) is 3. The molecule has 0 atom stereocenters. The maximum Gasteiger partial charge on any atom is 0.184 e. The molecule has 0 aliphatic heterocycles. The van der Waals surface area contributed by atoms with Gasteiger partial charge in [0.05, 0.1) is 17.2 Å². The molecule has 0 radical (unpaired) electrons. The number of nitrogens with two attached hydrogens (primary N) is 1. The number of benzene rings is 2. The molecule has 0 saturated heterocycles. The fourth-order valence-corrected chi connectivity index (χ4v) is 2.11. The summed E-state index contributed by atoms with van der Waals surface area (Å²) in [6.45, 7) is 0. The molecule has 1 heterocycles. The van der Waals surface area contributed by atoms with Gasteiger partial charge in [-0.05, 0) is 42.0 Å². The highest BCUT2D eigenvalue weighted by Crippen LogP contribution is 2.17. The Labute approximate surface area is 127 Å². The van der Waals surface area contributed by atoms with E-state index >= 15 is 0 Å². The first-order valence-corrected chi connectivity index (χ1v) is 6.76. The maximum atomic E-state index is 5.29. The van der Waals surface area contributed by atoms with E-state index < -0.39 is 0 Å². The molecular weight excluding hydrogens is 282 g/mol. The quantitative estimate of drug-likeness (QED) is 0.441. The van der Waals surface area contributed by atoms with Gasteiger partial charge in [-0.2, -0.15) is 5.10 Å². The van der Waals surface area contributed by atoms with E-state index in [-0.39, 0.29) is 5.11 Å². The van der Waals surface area contributed by atoms with Gasteiger partial charge >= 0.3 is 0 Å². The third-order valence-corrected chi connectivity index (χ3v) is 3.10. The summed E-state index contributed by atoms with van der Waals surface area (Å²) in [6.07, 6.45) is 3.48. The molecule has 0 bridgehead atoms. The summed E-state index contributed by atoms with van der Waals surface area (Å²) in [6, 6.07) is 16.0. The largest absolute Gasteiger partial charge is 0.375 e. The van der Waals surface area contributed by atoms with Gasteiger partial charge < -0.3 is 5.73 Å². The third-order valence-electron chi connectivity index (χ3n) is 3.01. The molecular formula is C15H13N5S. The number of aromatic nitrogens is 2. The Morgan fingerprint density at radius 2 is 1.95 bits per heavy atom. The molecule has 3 N–H and O–H groups in total. The first-order chi connectivity index (χ1) is 10.2. The van der Waals surface area contributed by atoms with Gasteiger partial charge in [0, 0.05) is 5.69 Å².